The van der Waals surface area contributed by atoms with Crippen LogP contribution in [0, 0.1) is 0 Å². The summed E-state index contributed by atoms with van der Waals surface area (Å²) < 4.78 is 5.28. The van der Waals surface area contributed by atoms with Crippen molar-refractivity contribution in [3.8, 4) is 0 Å². The minimum atomic E-state index is 0.0214. The highest BCUT2D eigenvalue weighted by molar-refractivity contribution is 5.95. The molecule has 0 saturated carbocycles. The molecule has 0 fully saturated rings. The molecule has 0 aliphatic heterocycles. The maximum absolute atomic E-state index is 12.5. The summed E-state index contributed by atoms with van der Waals surface area (Å²) in [6.45, 7) is 1.33. The Bertz CT molecular complexity index is 549. The molecule has 2 aromatic rings. The van der Waals surface area contributed by atoms with Gasteiger partial charge in [-0.05, 0) is 43.8 Å². The van der Waals surface area contributed by atoms with Gasteiger partial charge in [0, 0.05) is 12.6 Å². The zero-order valence-electron chi connectivity index (χ0n) is 11.9. The van der Waals surface area contributed by atoms with Gasteiger partial charge in [0.25, 0.3) is 5.91 Å². The van der Waals surface area contributed by atoms with Crippen molar-refractivity contribution in [3.05, 3.63) is 59.5 Å². The number of likely N-dealkylation sites (N-methyl/N-ethyl adjacent to an activating group) is 1. The van der Waals surface area contributed by atoms with Crippen LogP contribution >= 0.6 is 0 Å². The van der Waals surface area contributed by atoms with Crippen molar-refractivity contribution >= 4 is 5.91 Å². The van der Waals surface area contributed by atoms with Crippen LogP contribution in [0.4, 0.5) is 0 Å². The minimum Gasteiger partial charge on any atom is -0.467 e. The van der Waals surface area contributed by atoms with Gasteiger partial charge < -0.3 is 14.6 Å². The normalized spacial score (nSPS) is 10.5. The van der Waals surface area contributed by atoms with Crippen LogP contribution in [-0.2, 0) is 13.0 Å². The molecule has 0 saturated heterocycles. The van der Waals surface area contributed by atoms with E-state index in [4.69, 9.17) is 4.42 Å². The molecule has 0 bridgehead atoms. The van der Waals surface area contributed by atoms with E-state index >= 15 is 0 Å². The molecule has 1 N–H and O–H groups in total. The molecule has 106 valence electrons. The Hall–Kier alpha value is -2.07. The quantitative estimate of drug-likeness (QED) is 0.877. The van der Waals surface area contributed by atoms with Gasteiger partial charge >= 0.3 is 0 Å². The van der Waals surface area contributed by atoms with Gasteiger partial charge in [0.05, 0.1) is 12.8 Å². The molecule has 0 aliphatic rings. The predicted octanol–water partition coefficient (Wildman–Crippen LogP) is 2.31. The molecule has 0 unspecified atom stereocenters. The van der Waals surface area contributed by atoms with E-state index in [9.17, 15) is 4.79 Å². The Kier molecular flexibility index (Phi) is 4.96. The largest absolute Gasteiger partial charge is 0.467 e. The number of hydrogen-bond acceptors (Lipinski definition) is 3. The zero-order valence-corrected chi connectivity index (χ0v) is 11.9. The Morgan fingerprint density at radius 3 is 2.75 bits per heavy atom. The molecule has 4 heteroatoms. The lowest BCUT2D eigenvalue weighted by molar-refractivity contribution is 0.0774. The highest BCUT2D eigenvalue weighted by atomic mass is 16.3. The maximum Gasteiger partial charge on any atom is 0.254 e. The number of carbonyl (C=O) groups is 1. The summed E-state index contributed by atoms with van der Waals surface area (Å²) in [6, 6.07) is 11.5. The fourth-order valence-electron chi connectivity index (χ4n) is 2.12. The highest BCUT2D eigenvalue weighted by Gasteiger charge is 2.16. The third kappa shape index (κ3) is 3.48. The summed E-state index contributed by atoms with van der Waals surface area (Å²) in [7, 11) is 3.70. The molecule has 2 rings (SSSR count). The van der Waals surface area contributed by atoms with E-state index in [1.54, 1.807) is 18.2 Å². The second-order valence-corrected chi connectivity index (χ2v) is 4.75. The third-order valence-corrected chi connectivity index (χ3v) is 3.21. The molecule has 20 heavy (non-hydrogen) atoms. The van der Waals surface area contributed by atoms with Gasteiger partial charge in [0.15, 0.2) is 0 Å². The van der Waals surface area contributed by atoms with Crippen LogP contribution in [-0.4, -0.2) is 31.4 Å². The fraction of sp³-hybridized carbons (Fsp3) is 0.312. The van der Waals surface area contributed by atoms with Crippen LogP contribution in [0.25, 0.3) is 0 Å². The molecular weight excluding hydrogens is 252 g/mol. The smallest absolute Gasteiger partial charge is 0.254 e. The number of furan rings is 1. The Labute approximate surface area is 119 Å². The summed E-state index contributed by atoms with van der Waals surface area (Å²) >= 11 is 0. The first-order valence-electron chi connectivity index (χ1n) is 6.72. The molecular formula is C16H20N2O2. The van der Waals surface area contributed by atoms with Crippen molar-refractivity contribution in [2.45, 2.75) is 13.0 Å². The van der Waals surface area contributed by atoms with E-state index in [2.05, 4.69) is 5.32 Å². The molecule has 1 aromatic carbocycles. The van der Waals surface area contributed by atoms with Gasteiger partial charge in [-0.3, -0.25) is 4.79 Å². The number of benzene rings is 1. The van der Waals surface area contributed by atoms with Crippen LogP contribution in [0.1, 0.15) is 21.7 Å². The monoisotopic (exact) mass is 272 g/mol. The molecule has 0 atom stereocenters. The first-order valence-corrected chi connectivity index (χ1v) is 6.72. The Balaban J connectivity index is 2.11. The minimum absolute atomic E-state index is 0.0214. The van der Waals surface area contributed by atoms with E-state index in [0.717, 1.165) is 29.9 Å². The van der Waals surface area contributed by atoms with Crippen molar-refractivity contribution < 1.29 is 9.21 Å². The fourth-order valence-corrected chi connectivity index (χ4v) is 2.12. The highest BCUT2D eigenvalue weighted by Crippen LogP contribution is 2.14. The zero-order chi connectivity index (χ0) is 14.4. The van der Waals surface area contributed by atoms with E-state index < -0.39 is 0 Å². The van der Waals surface area contributed by atoms with Crippen LogP contribution in [0.2, 0.25) is 0 Å². The van der Waals surface area contributed by atoms with Crippen molar-refractivity contribution in [2.75, 3.05) is 20.6 Å². The van der Waals surface area contributed by atoms with E-state index in [0.29, 0.717) is 6.54 Å². The van der Waals surface area contributed by atoms with Crippen LogP contribution < -0.4 is 5.32 Å². The van der Waals surface area contributed by atoms with Crippen LogP contribution in [0.15, 0.2) is 47.1 Å². The SMILES string of the molecule is CNCCc1ccccc1C(=O)N(C)Cc1ccco1. The second kappa shape index (κ2) is 6.91. The summed E-state index contributed by atoms with van der Waals surface area (Å²) in [4.78, 5) is 14.2. The van der Waals surface area contributed by atoms with Crippen molar-refractivity contribution in [3.63, 3.8) is 0 Å². The van der Waals surface area contributed by atoms with Crippen LogP contribution in [0.5, 0.6) is 0 Å². The molecule has 1 heterocycles. The van der Waals surface area contributed by atoms with Crippen molar-refractivity contribution in [1.29, 1.82) is 0 Å². The molecule has 1 amide bonds. The van der Waals surface area contributed by atoms with Crippen LogP contribution in [0.3, 0.4) is 0 Å². The summed E-state index contributed by atoms with van der Waals surface area (Å²) in [5, 5.41) is 3.11. The first-order chi connectivity index (χ1) is 9.72. The summed E-state index contributed by atoms with van der Waals surface area (Å²) in [6.07, 6.45) is 2.46. The molecule has 4 nitrogen and oxygen atoms in total. The number of nitrogens with one attached hydrogen (secondary N) is 1. The average molecular weight is 272 g/mol. The lowest BCUT2D eigenvalue weighted by Gasteiger charge is -2.18. The van der Waals surface area contributed by atoms with Gasteiger partial charge in [0.2, 0.25) is 0 Å². The van der Waals surface area contributed by atoms with Gasteiger partial charge in [-0.25, -0.2) is 0 Å². The lowest BCUT2D eigenvalue weighted by Crippen LogP contribution is -2.27. The van der Waals surface area contributed by atoms with E-state index in [1.165, 1.54) is 0 Å². The number of carbonyl (C=O) groups excluding carboxylic acids is 1. The van der Waals surface area contributed by atoms with Gasteiger partial charge in [-0.2, -0.15) is 0 Å². The second-order valence-electron chi connectivity index (χ2n) is 4.75. The first kappa shape index (κ1) is 14.3. The number of hydrogen-bond donors (Lipinski definition) is 1. The van der Waals surface area contributed by atoms with Crippen molar-refractivity contribution in [2.24, 2.45) is 0 Å². The number of amides is 1. The topological polar surface area (TPSA) is 45.5 Å². The van der Waals surface area contributed by atoms with E-state index in [1.807, 2.05) is 43.4 Å². The number of rotatable bonds is 6. The van der Waals surface area contributed by atoms with E-state index in [-0.39, 0.29) is 5.91 Å². The summed E-state index contributed by atoms with van der Waals surface area (Å²) in [5.41, 5.74) is 1.83. The third-order valence-electron chi connectivity index (χ3n) is 3.21. The average Bonchev–Trinajstić information content (AvgIpc) is 2.97. The predicted molar refractivity (Wildman–Crippen MR) is 78.6 cm³/mol. The molecule has 1 aromatic heterocycles. The Morgan fingerprint density at radius 2 is 2.05 bits per heavy atom. The lowest BCUT2D eigenvalue weighted by atomic mass is 10.0. The van der Waals surface area contributed by atoms with Crippen molar-refractivity contribution in [1.82, 2.24) is 10.2 Å². The molecule has 0 aliphatic carbocycles. The van der Waals surface area contributed by atoms with Gasteiger partial charge in [0.1, 0.15) is 5.76 Å². The van der Waals surface area contributed by atoms with Gasteiger partial charge in [-0.1, -0.05) is 18.2 Å². The molecule has 0 spiro atoms. The number of nitrogens with zero attached hydrogens (tertiary/aromatic N) is 1. The molecule has 0 radical (unpaired) electrons. The van der Waals surface area contributed by atoms with Gasteiger partial charge in [-0.15, -0.1) is 0 Å². The maximum atomic E-state index is 12.5. The standard InChI is InChI=1S/C16H20N2O2/c1-17-10-9-13-6-3-4-8-15(13)16(19)18(2)12-14-7-5-11-20-14/h3-8,11,17H,9-10,12H2,1-2H3. The Morgan fingerprint density at radius 1 is 1.25 bits per heavy atom. The summed E-state index contributed by atoms with van der Waals surface area (Å²) in [5.74, 6) is 0.807.